The highest BCUT2D eigenvalue weighted by molar-refractivity contribution is 5.82. The first-order chi connectivity index (χ1) is 7.99. The molecule has 0 saturated carbocycles. The number of nitrogens with two attached hydrogens (primary N) is 1. The molecule has 0 bridgehead atoms. The number of anilines is 2. The predicted octanol–water partition coefficient (Wildman–Crippen LogP) is -0.0537. The highest BCUT2D eigenvalue weighted by Crippen LogP contribution is 2.16. The highest BCUT2D eigenvalue weighted by atomic mass is 16.2. The van der Waals surface area contributed by atoms with Gasteiger partial charge in [0.2, 0.25) is 11.9 Å². The first kappa shape index (κ1) is 13.2. The van der Waals surface area contributed by atoms with Gasteiger partial charge in [-0.1, -0.05) is 0 Å². The summed E-state index contributed by atoms with van der Waals surface area (Å²) in [4.78, 5) is 19.5. The number of nitrogens with zero attached hydrogens (tertiary/aromatic N) is 2. The minimum absolute atomic E-state index is 0.0313. The summed E-state index contributed by atoms with van der Waals surface area (Å²) in [5.41, 5.74) is 1.84. The number of aromatic nitrogens is 2. The molecule has 5 N–H and O–H groups in total. The molecule has 1 amide bonds. The maximum Gasteiger partial charge on any atom is 0.239 e. The number of hydrazine groups is 1. The maximum atomic E-state index is 11.6. The molecule has 0 atom stereocenters. The van der Waals surface area contributed by atoms with Crippen molar-refractivity contribution in [3.63, 3.8) is 0 Å². The smallest absolute Gasteiger partial charge is 0.239 e. The van der Waals surface area contributed by atoms with Gasteiger partial charge in [-0.25, -0.2) is 10.8 Å². The van der Waals surface area contributed by atoms with Crippen LogP contribution in [0.4, 0.5) is 11.8 Å². The van der Waals surface area contributed by atoms with E-state index in [1.54, 1.807) is 19.3 Å². The third-order valence-corrected chi connectivity index (χ3v) is 2.34. The lowest BCUT2D eigenvalue weighted by molar-refractivity contribution is -0.128. The second-order valence-corrected chi connectivity index (χ2v) is 4.23. The lowest BCUT2D eigenvalue weighted by Gasteiger charge is -2.23. The zero-order valence-corrected chi connectivity index (χ0v) is 10.2. The van der Waals surface area contributed by atoms with Crippen LogP contribution in [0.1, 0.15) is 13.8 Å². The number of nitrogens with one attached hydrogen (secondary N) is 3. The normalized spacial score (nSPS) is 10.8. The molecule has 94 valence electrons. The molecule has 1 heterocycles. The van der Waals surface area contributed by atoms with Gasteiger partial charge in [0, 0.05) is 19.8 Å². The molecule has 1 aromatic heterocycles. The standard InChI is InChI=1S/C10H18N6O/c1-10(2,8(17)12-3)6-14-7-4-5-13-9(15-7)16-11/h4-5H,6,11H2,1-3H3,(H,12,17)(H2,13,14,15,16). The average Bonchev–Trinajstić information content (AvgIpc) is 2.35. The number of hydrogen-bond donors (Lipinski definition) is 4. The molecule has 1 rings (SSSR count). The van der Waals surface area contributed by atoms with Crippen molar-refractivity contribution < 1.29 is 4.79 Å². The monoisotopic (exact) mass is 238 g/mol. The fraction of sp³-hybridized carbons (Fsp3) is 0.500. The Hall–Kier alpha value is -1.89. The van der Waals surface area contributed by atoms with Crippen molar-refractivity contribution in [1.29, 1.82) is 0 Å². The number of rotatable bonds is 5. The zero-order valence-electron chi connectivity index (χ0n) is 10.2. The van der Waals surface area contributed by atoms with Crippen LogP contribution in [0.3, 0.4) is 0 Å². The molecule has 7 nitrogen and oxygen atoms in total. The Kier molecular flexibility index (Phi) is 4.22. The summed E-state index contributed by atoms with van der Waals surface area (Å²) in [5, 5.41) is 5.69. The third kappa shape index (κ3) is 3.56. The predicted molar refractivity (Wildman–Crippen MR) is 66.2 cm³/mol. The Balaban J connectivity index is 2.63. The number of amides is 1. The van der Waals surface area contributed by atoms with Gasteiger partial charge in [0.15, 0.2) is 0 Å². The van der Waals surface area contributed by atoms with Crippen molar-refractivity contribution in [3.8, 4) is 0 Å². The topological polar surface area (TPSA) is 105 Å². The van der Waals surface area contributed by atoms with Crippen LogP contribution in [-0.4, -0.2) is 29.5 Å². The Morgan fingerprint density at radius 3 is 2.82 bits per heavy atom. The average molecular weight is 238 g/mol. The minimum Gasteiger partial charge on any atom is -0.369 e. The quantitative estimate of drug-likeness (QED) is 0.423. The molecule has 0 aliphatic rings. The Labute approximate surface area is 100 Å². The largest absolute Gasteiger partial charge is 0.369 e. The summed E-state index contributed by atoms with van der Waals surface area (Å²) in [6, 6.07) is 1.71. The van der Waals surface area contributed by atoms with Crippen molar-refractivity contribution in [2.75, 3.05) is 24.3 Å². The van der Waals surface area contributed by atoms with Crippen LogP contribution in [0.5, 0.6) is 0 Å². The number of carbonyl (C=O) groups is 1. The van der Waals surface area contributed by atoms with Crippen LogP contribution in [0.15, 0.2) is 12.3 Å². The first-order valence-corrected chi connectivity index (χ1v) is 5.25. The van der Waals surface area contributed by atoms with E-state index in [-0.39, 0.29) is 5.91 Å². The highest BCUT2D eigenvalue weighted by Gasteiger charge is 2.26. The van der Waals surface area contributed by atoms with Gasteiger partial charge in [-0.15, -0.1) is 0 Å². The number of hydrogen-bond acceptors (Lipinski definition) is 6. The van der Waals surface area contributed by atoms with Gasteiger partial charge in [0.25, 0.3) is 0 Å². The van der Waals surface area contributed by atoms with Gasteiger partial charge < -0.3 is 10.6 Å². The summed E-state index contributed by atoms with van der Waals surface area (Å²) in [6.45, 7) is 4.16. The van der Waals surface area contributed by atoms with Crippen LogP contribution in [0.25, 0.3) is 0 Å². The van der Waals surface area contributed by atoms with E-state index < -0.39 is 5.41 Å². The van der Waals surface area contributed by atoms with Crippen molar-refractivity contribution >= 4 is 17.7 Å². The number of carbonyl (C=O) groups excluding carboxylic acids is 1. The fourth-order valence-electron chi connectivity index (χ4n) is 1.26. The van der Waals surface area contributed by atoms with Crippen LogP contribution in [0.2, 0.25) is 0 Å². The molecule has 0 unspecified atom stereocenters. The van der Waals surface area contributed by atoms with Gasteiger partial charge in [-0.2, -0.15) is 4.98 Å². The molecule has 0 aliphatic carbocycles. The molecule has 0 aromatic carbocycles. The molecule has 0 saturated heterocycles. The molecular weight excluding hydrogens is 220 g/mol. The Bertz CT molecular complexity index is 392. The molecular formula is C10H18N6O. The number of nitrogen functional groups attached to an aromatic ring is 1. The van der Waals surface area contributed by atoms with Gasteiger partial charge in [0.05, 0.1) is 5.41 Å². The molecule has 0 radical (unpaired) electrons. The molecule has 0 spiro atoms. The zero-order chi connectivity index (χ0) is 12.9. The van der Waals surface area contributed by atoms with Crippen LogP contribution in [0, 0.1) is 5.41 Å². The lowest BCUT2D eigenvalue weighted by Crippen LogP contribution is -2.39. The van der Waals surface area contributed by atoms with E-state index in [2.05, 4.69) is 26.0 Å². The summed E-state index contributed by atoms with van der Waals surface area (Å²) in [7, 11) is 1.62. The van der Waals surface area contributed by atoms with Crippen LogP contribution < -0.4 is 21.9 Å². The first-order valence-electron chi connectivity index (χ1n) is 5.25. The second kappa shape index (κ2) is 5.44. The summed E-state index contributed by atoms with van der Waals surface area (Å²) >= 11 is 0. The lowest BCUT2D eigenvalue weighted by atomic mass is 9.92. The maximum absolute atomic E-state index is 11.6. The Morgan fingerprint density at radius 1 is 1.53 bits per heavy atom. The van der Waals surface area contributed by atoms with E-state index in [0.29, 0.717) is 18.3 Å². The van der Waals surface area contributed by atoms with E-state index in [4.69, 9.17) is 5.84 Å². The summed E-state index contributed by atoms with van der Waals surface area (Å²) < 4.78 is 0. The van der Waals surface area contributed by atoms with Crippen molar-refractivity contribution in [3.05, 3.63) is 12.3 Å². The van der Waals surface area contributed by atoms with Gasteiger partial charge in [-0.3, -0.25) is 10.2 Å². The molecule has 0 fully saturated rings. The molecule has 1 aromatic rings. The summed E-state index contributed by atoms with van der Waals surface area (Å²) in [5.74, 6) is 6.11. The summed E-state index contributed by atoms with van der Waals surface area (Å²) in [6.07, 6.45) is 1.58. The van der Waals surface area contributed by atoms with Gasteiger partial charge in [0.1, 0.15) is 5.82 Å². The van der Waals surface area contributed by atoms with Crippen molar-refractivity contribution in [1.82, 2.24) is 15.3 Å². The molecule has 17 heavy (non-hydrogen) atoms. The van der Waals surface area contributed by atoms with E-state index in [1.165, 1.54) is 0 Å². The van der Waals surface area contributed by atoms with E-state index >= 15 is 0 Å². The van der Waals surface area contributed by atoms with Crippen LogP contribution >= 0.6 is 0 Å². The second-order valence-electron chi connectivity index (χ2n) is 4.23. The van der Waals surface area contributed by atoms with Gasteiger partial charge in [-0.05, 0) is 19.9 Å². The van der Waals surface area contributed by atoms with E-state index in [9.17, 15) is 4.79 Å². The van der Waals surface area contributed by atoms with Crippen molar-refractivity contribution in [2.45, 2.75) is 13.8 Å². The third-order valence-electron chi connectivity index (χ3n) is 2.34. The van der Waals surface area contributed by atoms with Crippen molar-refractivity contribution in [2.24, 2.45) is 11.3 Å². The van der Waals surface area contributed by atoms with E-state index in [1.807, 2.05) is 13.8 Å². The molecule has 7 heteroatoms. The van der Waals surface area contributed by atoms with E-state index in [0.717, 1.165) is 0 Å². The van der Waals surface area contributed by atoms with Gasteiger partial charge >= 0.3 is 0 Å². The molecule has 0 aliphatic heterocycles. The fourth-order valence-corrected chi connectivity index (χ4v) is 1.26. The Morgan fingerprint density at radius 2 is 2.24 bits per heavy atom. The van der Waals surface area contributed by atoms with Crippen LogP contribution in [-0.2, 0) is 4.79 Å². The SMILES string of the molecule is CNC(=O)C(C)(C)CNc1ccnc(NN)n1. The minimum atomic E-state index is -0.518.